The van der Waals surface area contributed by atoms with E-state index in [2.05, 4.69) is 19.2 Å². The second kappa shape index (κ2) is 4.30. The highest BCUT2D eigenvalue weighted by Gasteiger charge is 2.36. The van der Waals surface area contributed by atoms with Gasteiger partial charge in [0.1, 0.15) is 11.6 Å². The molecule has 1 aliphatic rings. The first-order valence-corrected chi connectivity index (χ1v) is 5.43. The van der Waals surface area contributed by atoms with Gasteiger partial charge in [-0.1, -0.05) is 20.8 Å². The van der Waals surface area contributed by atoms with Gasteiger partial charge >= 0.3 is 5.97 Å². The van der Waals surface area contributed by atoms with Crippen molar-refractivity contribution in [1.29, 1.82) is 0 Å². The van der Waals surface area contributed by atoms with E-state index in [-0.39, 0.29) is 17.6 Å². The van der Waals surface area contributed by atoms with Crippen LogP contribution in [0.15, 0.2) is 0 Å². The summed E-state index contributed by atoms with van der Waals surface area (Å²) in [4.78, 5) is 11.6. The molecule has 0 aromatic rings. The molecule has 1 aliphatic heterocycles. The molecule has 0 radical (unpaired) electrons. The molecule has 0 aliphatic carbocycles. The van der Waals surface area contributed by atoms with Crippen molar-refractivity contribution >= 4 is 5.97 Å². The van der Waals surface area contributed by atoms with Gasteiger partial charge in [-0.15, -0.1) is 0 Å². The Bertz CT molecular complexity index is 215. The number of esters is 1. The van der Waals surface area contributed by atoms with Crippen LogP contribution in [0.2, 0.25) is 0 Å². The zero-order valence-corrected chi connectivity index (χ0v) is 9.59. The predicted octanol–water partition coefficient (Wildman–Crippen LogP) is 1.72. The van der Waals surface area contributed by atoms with Crippen molar-refractivity contribution in [3.05, 3.63) is 0 Å². The SMILES string of the molecule is CCC1(C)CNC(CC(C)C)C(=O)O1. The van der Waals surface area contributed by atoms with Gasteiger partial charge in [0.05, 0.1) is 0 Å². The molecule has 0 aromatic heterocycles. The number of morpholine rings is 1. The lowest BCUT2D eigenvalue weighted by Crippen LogP contribution is -2.55. The van der Waals surface area contributed by atoms with Gasteiger partial charge in [-0.05, 0) is 25.7 Å². The highest BCUT2D eigenvalue weighted by atomic mass is 16.6. The molecule has 0 saturated carbocycles. The standard InChI is InChI=1S/C11H21NO2/c1-5-11(4)7-12-9(6-8(2)3)10(13)14-11/h8-9,12H,5-7H2,1-4H3. The number of carbonyl (C=O) groups is 1. The Morgan fingerprint density at radius 2 is 2.29 bits per heavy atom. The first-order valence-electron chi connectivity index (χ1n) is 5.43. The third-order valence-corrected chi connectivity index (χ3v) is 2.81. The Hall–Kier alpha value is -0.570. The molecule has 0 bridgehead atoms. The number of hydrogen-bond acceptors (Lipinski definition) is 3. The summed E-state index contributed by atoms with van der Waals surface area (Å²) in [6.07, 6.45) is 1.72. The maximum Gasteiger partial charge on any atom is 0.323 e. The maximum atomic E-state index is 11.6. The second-order valence-electron chi connectivity index (χ2n) is 4.79. The second-order valence-corrected chi connectivity index (χ2v) is 4.79. The third kappa shape index (κ3) is 2.71. The summed E-state index contributed by atoms with van der Waals surface area (Å²) >= 11 is 0. The van der Waals surface area contributed by atoms with Crippen molar-refractivity contribution in [1.82, 2.24) is 5.32 Å². The molecule has 1 fully saturated rings. The van der Waals surface area contributed by atoms with Crippen LogP contribution in [0.1, 0.15) is 40.5 Å². The highest BCUT2D eigenvalue weighted by molar-refractivity contribution is 5.77. The Labute approximate surface area is 86.2 Å². The first-order chi connectivity index (χ1) is 6.47. The fraction of sp³-hybridized carbons (Fsp3) is 0.909. The van der Waals surface area contributed by atoms with Crippen LogP contribution in [-0.2, 0) is 9.53 Å². The minimum atomic E-state index is -0.301. The fourth-order valence-corrected chi connectivity index (χ4v) is 1.62. The molecular formula is C11H21NO2. The van der Waals surface area contributed by atoms with Crippen LogP contribution in [0, 0.1) is 5.92 Å². The van der Waals surface area contributed by atoms with Gasteiger partial charge in [-0.2, -0.15) is 0 Å². The molecule has 1 N–H and O–H groups in total. The van der Waals surface area contributed by atoms with E-state index in [0.717, 1.165) is 19.4 Å². The summed E-state index contributed by atoms with van der Waals surface area (Å²) in [5.41, 5.74) is -0.301. The molecule has 3 heteroatoms. The van der Waals surface area contributed by atoms with Crippen molar-refractivity contribution < 1.29 is 9.53 Å². The molecule has 1 saturated heterocycles. The van der Waals surface area contributed by atoms with E-state index in [4.69, 9.17) is 4.74 Å². The van der Waals surface area contributed by atoms with Gasteiger partial charge in [-0.3, -0.25) is 4.79 Å². The van der Waals surface area contributed by atoms with Crippen LogP contribution in [0.3, 0.4) is 0 Å². The quantitative estimate of drug-likeness (QED) is 0.703. The van der Waals surface area contributed by atoms with Gasteiger partial charge in [0.15, 0.2) is 0 Å². The third-order valence-electron chi connectivity index (χ3n) is 2.81. The molecule has 1 heterocycles. The zero-order valence-electron chi connectivity index (χ0n) is 9.59. The molecule has 0 spiro atoms. The molecule has 1 rings (SSSR count). The first kappa shape index (κ1) is 11.5. The van der Waals surface area contributed by atoms with Crippen molar-refractivity contribution in [2.24, 2.45) is 5.92 Å². The number of cyclic esters (lactones) is 1. The molecule has 3 nitrogen and oxygen atoms in total. The molecule has 2 atom stereocenters. The number of ether oxygens (including phenoxy) is 1. The van der Waals surface area contributed by atoms with E-state index in [1.165, 1.54) is 0 Å². The van der Waals surface area contributed by atoms with E-state index in [0.29, 0.717) is 5.92 Å². The van der Waals surface area contributed by atoms with Gasteiger partial charge in [0.2, 0.25) is 0 Å². The molecule has 0 aromatic carbocycles. The van der Waals surface area contributed by atoms with E-state index in [1.807, 2.05) is 13.8 Å². The van der Waals surface area contributed by atoms with E-state index >= 15 is 0 Å². The van der Waals surface area contributed by atoms with Crippen molar-refractivity contribution in [3.8, 4) is 0 Å². The molecule has 14 heavy (non-hydrogen) atoms. The topological polar surface area (TPSA) is 38.3 Å². The Morgan fingerprint density at radius 1 is 1.64 bits per heavy atom. The van der Waals surface area contributed by atoms with Crippen LogP contribution < -0.4 is 5.32 Å². The Balaban J connectivity index is 2.52. The summed E-state index contributed by atoms with van der Waals surface area (Å²) in [6.45, 7) is 9.01. The van der Waals surface area contributed by atoms with Crippen molar-refractivity contribution in [2.75, 3.05) is 6.54 Å². The highest BCUT2D eigenvalue weighted by Crippen LogP contribution is 2.21. The van der Waals surface area contributed by atoms with Gasteiger partial charge in [0, 0.05) is 6.54 Å². The Morgan fingerprint density at radius 3 is 2.71 bits per heavy atom. The minimum Gasteiger partial charge on any atom is -0.457 e. The van der Waals surface area contributed by atoms with Crippen LogP contribution in [0.5, 0.6) is 0 Å². The summed E-state index contributed by atoms with van der Waals surface area (Å²) in [7, 11) is 0. The summed E-state index contributed by atoms with van der Waals surface area (Å²) in [5, 5.41) is 3.27. The van der Waals surface area contributed by atoms with Crippen LogP contribution in [-0.4, -0.2) is 24.2 Å². The largest absolute Gasteiger partial charge is 0.457 e. The predicted molar refractivity (Wildman–Crippen MR) is 56.0 cm³/mol. The number of carbonyl (C=O) groups excluding carboxylic acids is 1. The van der Waals surface area contributed by atoms with Crippen LogP contribution >= 0.6 is 0 Å². The average Bonchev–Trinajstić information content (AvgIpc) is 2.10. The van der Waals surface area contributed by atoms with Crippen molar-refractivity contribution in [2.45, 2.75) is 52.2 Å². The van der Waals surface area contributed by atoms with Gasteiger partial charge in [0.25, 0.3) is 0 Å². The van der Waals surface area contributed by atoms with Crippen LogP contribution in [0.4, 0.5) is 0 Å². The van der Waals surface area contributed by atoms with E-state index < -0.39 is 0 Å². The maximum absolute atomic E-state index is 11.6. The lowest BCUT2D eigenvalue weighted by atomic mass is 9.97. The Kier molecular flexibility index (Phi) is 3.53. The number of hydrogen-bond donors (Lipinski definition) is 1. The number of rotatable bonds is 3. The minimum absolute atomic E-state index is 0.0886. The normalized spacial score (nSPS) is 33.2. The molecule has 0 amide bonds. The molecule has 2 unspecified atom stereocenters. The lowest BCUT2D eigenvalue weighted by Gasteiger charge is -2.37. The summed E-state index contributed by atoms with van der Waals surface area (Å²) in [6, 6.07) is -0.102. The number of nitrogens with one attached hydrogen (secondary N) is 1. The fourth-order valence-electron chi connectivity index (χ4n) is 1.62. The average molecular weight is 199 g/mol. The monoisotopic (exact) mass is 199 g/mol. The molecular weight excluding hydrogens is 178 g/mol. The summed E-state index contributed by atoms with van der Waals surface area (Å²) in [5.74, 6) is 0.431. The van der Waals surface area contributed by atoms with Gasteiger partial charge < -0.3 is 10.1 Å². The smallest absolute Gasteiger partial charge is 0.323 e. The van der Waals surface area contributed by atoms with E-state index in [1.54, 1.807) is 0 Å². The van der Waals surface area contributed by atoms with Crippen LogP contribution in [0.25, 0.3) is 0 Å². The van der Waals surface area contributed by atoms with Gasteiger partial charge in [-0.25, -0.2) is 0 Å². The van der Waals surface area contributed by atoms with E-state index in [9.17, 15) is 4.79 Å². The zero-order chi connectivity index (χ0) is 10.8. The molecule has 82 valence electrons. The lowest BCUT2D eigenvalue weighted by molar-refractivity contribution is -0.168. The van der Waals surface area contributed by atoms with Crippen molar-refractivity contribution in [3.63, 3.8) is 0 Å². The summed E-state index contributed by atoms with van der Waals surface area (Å²) < 4.78 is 5.44.